The summed E-state index contributed by atoms with van der Waals surface area (Å²) < 4.78 is 43.6. The summed E-state index contributed by atoms with van der Waals surface area (Å²) in [5.41, 5.74) is -1.60. The summed E-state index contributed by atoms with van der Waals surface area (Å²) in [5.74, 6) is -1.68. The molecule has 59 heavy (non-hydrogen) atoms. The number of aromatic amines is 1. The van der Waals surface area contributed by atoms with Gasteiger partial charge in [0.05, 0.1) is 47.4 Å². The number of ether oxygens (including phenoxy) is 5. The lowest BCUT2D eigenvalue weighted by Gasteiger charge is -2.25. The van der Waals surface area contributed by atoms with Crippen LogP contribution >= 0.6 is 11.8 Å². The highest BCUT2D eigenvalue weighted by Crippen LogP contribution is 2.37. The van der Waals surface area contributed by atoms with Crippen molar-refractivity contribution in [3.8, 4) is 11.8 Å². The van der Waals surface area contributed by atoms with Crippen LogP contribution in [0.4, 0.5) is 30.3 Å². The number of alkyl carbamates (subject to hydrolysis) is 2. The number of carbonyl (C=O) groups is 4. The first kappa shape index (κ1) is 46.0. The van der Waals surface area contributed by atoms with Gasteiger partial charge in [-0.1, -0.05) is 11.8 Å². The smallest absolute Gasteiger partial charge is 0.414 e. The van der Waals surface area contributed by atoms with E-state index in [-0.39, 0.29) is 66.1 Å². The summed E-state index contributed by atoms with van der Waals surface area (Å²) in [4.78, 5) is 70.7. The summed E-state index contributed by atoms with van der Waals surface area (Å²) in [7, 11) is 1.45. The maximum absolute atomic E-state index is 15.5. The van der Waals surface area contributed by atoms with Gasteiger partial charge in [0.25, 0.3) is 0 Å². The van der Waals surface area contributed by atoms with Crippen molar-refractivity contribution in [2.45, 2.75) is 96.7 Å². The van der Waals surface area contributed by atoms with Gasteiger partial charge >= 0.3 is 30.3 Å². The van der Waals surface area contributed by atoms with Gasteiger partial charge < -0.3 is 49.7 Å². The zero-order valence-corrected chi connectivity index (χ0v) is 35.6. The maximum Gasteiger partial charge on any atom is 0.414 e. The highest BCUT2D eigenvalue weighted by molar-refractivity contribution is 7.99. The van der Waals surface area contributed by atoms with E-state index in [0.29, 0.717) is 22.7 Å². The minimum absolute atomic E-state index is 0.0105. The molecule has 5 N–H and O–H groups in total. The van der Waals surface area contributed by atoms with Gasteiger partial charge in [-0.3, -0.25) is 9.69 Å². The lowest BCUT2D eigenvalue weighted by molar-refractivity contribution is -0.133. The number of H-pyrrole nitrogens is 1. The highest BCUT2D eigenvalue weighted by Gasteiger charge is 2.27. The molecule has 3 amide bonds. The van der Waals surface area contributed by atoms with Crippen molar-refractivity contribution in [1.29, 1.82) is 0 Å². The number of halogens is 1. The number of aliphatic carboxylic acids is 1. The summed E-state index contributed by atoms with van der Waals surface area (Å²) in [6.45, 7) is 16.1. The van der Waals surface area contributed by atoms with Gasteiger partial charge in [0.1, 0.15) is 34.1 Å². The van der Waals surface area contributed by atoms with Crippen molar-refractivity contribution in [3.05, 3.63) is 30.3 Å². The van der Waals surface area contributed by atoms with E-state index < -0.39 is 52.9 Å². The molecule has 0 fully saturated rings. The second kappa shape index (κ2) is 19.4. The third kappa shape index (κ3) is 14.9. The van der Waals surface area contributed by atoms with E-state index in [9.17, 15) is 19.2 Å². The van der Waals surface area contributed by atoms with Gasteiger partial charge in [-0.2, -0.15) is 9.97 Å². The second-order valence-corrected chi connectivity index (χ2v) is 17.1. The van der Waals surface area contributed by atoms with Crippen LogP contribution in [0.25, 0.3) is 21.9 Å². The van der Waals surface area contributed by atoms with Crippen LogP contribution in [0.5, 0.6) is 11.8 Å². The Bertz CT molecular complexity index is 2120. The third-order valence-electron chi connectivity index (χ3n) is 7.34. The second-order valence-electron chi connectivity index (χ2n) is 16.2. The van der Waals surface area contributed by atoms with Gasteiger partial charge in [-0.15, -0.1) is 0 Å². The van der Waals surface area contributed by atoms with Crippen LogP contribution in [0.15, 0.2) is 29.7 Å². The quantitative estimate of drug-likeness (QED) is 0.0345. The highest BCUT2D eigenvalue weighted by atomic mass is 32.2. The molecule has 0 aliphatic carbocycles. The molecule has 0 aliphatic heterocycles. The molecule has 3 heterocycles. The molecule has 0 bridgehead atoms. The summed E-state index contributed by atoms with van der Waals surface area (Å²) in [5, 5.41) is 18.5. The number of nitrogens with zero attached hydrogens (tertiary/aromatic N) is 5. The van der Waals surface area contributed by atoms with E-state index in [2.05, 4.69) is 40.9 Å². The average molecular weight is 846 g/mol. The standard InChI is InChI=1S/C38H52FN9O10S/c1-36(2,3)56-33(51)40-12-11-13-54-19-22(16-43-34(52)57-37(4,5)6)44-29-27-24-14-21(39)15-25(48(10)35(53)58-38(7,8)9)28(24)45-30(27)47-31(46-29)55-23-17-41-32(42-18-23)59-20-26(49)50/h14-15,17-18,22H,11-13,16,19-20H2,1-10H3,(H,40,51)(H,43,52)(H,49,50)(H2,44,45,46,47). The van der Waals surface area contributed by atoms with Crippen LogP contribution in [0.1, 0.15) is 68.7 Å². The molecule has 0 saturated heterocycles. The molecule has 0 spiro atoms. The van der Waals surface area contributed by atoms with Crippen molar-refractivity contribution in [3.63, 3.8) is 0 Å². The number of anilines is 2. The zero-order chi connectivity index (χ0) is 43.7. The Morgan fingerprint density at radius 2 is 1.54 bits per heavy atom. The first-order valence-electron chi connectivity index (χ1n) is 18.6. The van der Waals surface area contributed by atoms with Crippen LogP contribution in [0.3, 0.4) is 0 Å². The Kier molecular flexibility index (Phi) is 15.1. The molecular formula is C38H52FN9O10S. The van der Waals surface area contributed by atoms with E-state index in [1.807, 2.05) is 0 Å². The number of rotatable bonds is 16. The summed E-state index contributed by atoms with van der Waals surface area (Å²) in [6.07, 6.45) is 1.12. The number of benzene rings is 1. The summed E-state index contributed by atoms with van der Waals surface area (Å²) in [6, 6.07) is 1.55. The molecule has 0 aliphatic rings. The zero-order valence-electron chi connectivity index (χ0n) is 34.8. The van der Waals surface area contributed by atoms with E-state index in [1.54, 1.807) is 62.3 Å². The maximum atomic E-state index is 15.5. The topological polar surface area (TPSA) is 241 Å². The minimum atomic E-state index is -1.03. The molecule has 4 rings (SSSR count). The summed E-state index contributed by atoms with van der Waals surface area (Å²) >= 11 is 0.924. The fraction of sp³-hybridized carbons (Fsp3) is 0.526. The first-order chi connectivity index (χ1) is 27.5. The third-order valence-corrected chi connectivity index (χ3v) is 8.20. The van der Waals surface area contributed by atoms with Crippen molar-refractivity contribution in [2.24, 2.45) is 0 Å². The number of amides is 3. The van der Waals surface area contributed by atoms with Crippen LogP contribution < -0.4 is 25.6 Å². The van der Waals surface area contributed by atoms with Crippen LogP contribution in [-0.4, -0.2) is 116 Å². The molecule has 4 aromatic rings. The lowest BCUT2D eigenvalue weighted by atomic mass is 10.1. The number of carboxylic acids is 1. The normalized spacial score (nSPS) is 12.5. The number of carbonyl (C=O) groups excluding carboxylic acids is 3. The molecule has 1 unspecified atom stereocenters. The number of carboxylic acid groups (broad SMARTS) is 1. The Hall–Kier alpha value is -5.70. The molecule has 322 valence electrons. The molecule has 1 atom stereocenters. The molecule has 0 radical (unpaired) electrons. The predicted molar refractivity (Wildman–Crippen MR) is 218 cm³/mol. The van der Waals surface area contributed by atoms with Gasteiger partial charge in [-0.25, -0.2) is 28.7 Å². The number of aromatic nitrogens is 5. The van der Waals surface area contributed by atoms with Crippen molar-refractivity contribution >= 4 is 69.5 Å². The molecular weight excluding hydrogens is 794 g/mol. The Labute approximate surface area is 344 Å². The SMILES string of the molecule is CN(C(=O)OC(C)(C)C)c1cc(F)cc2c1[nH]c1nc(Oc3cnc(SCC(=O)O)nc3)nc(NC(CNC(=O)OC(C)(C)C)COCCCNC(=O)OC(C)(C)C)c12. The van der Waals surface area contributed by atoms with Crippen LogP contribution in [0, 0.1) is 5.82 Å². The number of hydrogen-bond acceptors (Lipinski definition) is 15. The van der Waals surface area contributed by atoms with E-state index in [0.717, 1.165) is 11.8 Å². The van der Waals surface area contributed by atoms with Gasteiger partial charge in [0, 0.05) is 32.1 Å². The Morgan fingerprint density at radius 3 is 2.15 bits per heavy atom. The number of fused-ring (bicyclic) bond motifs is 3. The predicted octanol–water partition coefficient (Wildman–Crippen LogP) is 6.62. The number of nitrogens with one attached hydrogen (secondary N) is 4. The fourth-order valence-corrected chi connectivity index (χ4v) is 5.61. The van der Waals surface area contributed by atoms with Gasteiger partial charge in [-0.05, 0) is 80.9 Å². The molecule has 3 aromatic heterocycles. The molecule has 21 heteroatoms. The van der Waals surface area contributed by atoms with Crippen molar-refractivity contribution in [1.82, 2.24) is 35.6 Å². The largest absolute Gasteiger partial charge is 0.481 e. The first-order valence-corrected chi connectivity index (χ1v) is 19.6. The van der Waals surface area contributed by atoms with E-state index in [4.69, 9.17) is 28.8 Å². The molecule has 1 aromatic carbocycles. The monoisotopic (exact) mass is 845 g/mol. The van der Waals surface area contributed by atoms with Gasteiger partial charge in [0.15, 0.2) is 10.9 Å². The van der Waals surface area contributed by atoms with E-state index >= 15 is 4.39 Å². The number of hydrogen-bond donors (Lipinski definition) is 5. The van der Waals surface area contributed by atoms with Crippen LogP contribution in [-0.2, 0) is 23.7 Å². The lowest BCUT2D eigenvalue weighted by Crippen LogP contribution is -2.42. The Morgan fingerprint density at radius 1 is 0.915 bits per heavy atom. The van der Waals surface area contributed by atoms with Crippen LogP contribution in [0.2, 0.25) is 0 Å². The van der Waals surface area contributed by atoms with E-state index in [1.165, 1.54) is 36.5 Å². The fourth-order valence-electron chi connectivity index (χ4n) is 5.10. The van der Waals surface area contributed by atoms with Gasteiger partial charge in [0.2, 0.25) is 0 Å². The molecule has 0 saturated carbocycles. The molecule has 19 nitrogen and oxygen atoms in total. The minimum Gasteiger partial charge on any atom is -0.481 e. The van der Waals surface area contributed by atoms with Crippen molar-refractivity contribution in [2.75, 3.05) is 49.3 Å². The average Bonchev–Trinajstić information content (AvgIpc) is 3.47. The Balaban J connectivity index is 1.72. The van der Waals surface area contributed by atoms with Crippen molar-refractivity contribution < 1.29 is 52.4 Å². The number of thioether (sulfide) groups is 1.